The summed E-state index contributed by atoms with van der Waals surface area (Å²) in [4.78, 5) is 0. The minimum atomic E-state index is -0.375. The van der Waals surface area contributed by atoms with Crippen molar-refractivity contribution in [2.24, 2.45) is 11.8 Å². The predicted octanol–water partition coefficient (Wildman–Crippen LogP) is 1.93. The van der Waals surface area contributed by atoms with Crippen LogP contribution in [0.3, 0.4) is 0 Å². The Kier molecular flexibility index (Phi) is 3.13. The fraction of sp³-hybridized carbons (Fsp3) is 1.00. The van der Waals surface area contributed by atoms with Gasteiger partial charge >= 0.3 is 0 Å². The third-order valence-corrected chi connectivity index (χ3v) is 4.15. The van der Waals surface area contributed by atoms with Gasteiger partial charge in [-0.25, -0.2) is 0 Å². The van der Waals surface area contributed by atoms with Gasteiger partial charge in [-0.3, -0.25) is 0 Å². The van der Waals surface area contributed by atoms with Crippen LogP contribution in [-0.2, 0) is 0 Å². The maximum atomic E-state index is 10.4. The average molecular weight is 197 g/mol. The van der Waals surface area contributed by atoms with Gasteiger partial charge < -0.3 is 10.4 Å². The van der Waals surface area contributed by atoms with Crippen molar-refractivity contribution in [2.45, 2.75) is 51.0 Å². The van der Waals surface area contributed by atoms with Crippen LogP contribution in [0.15, 0.2) is 0 Å². The number of aliphatic hydroxyl groups is 1. The van der Waals surface area contributed by atoms with Gasteiger partial charge in [-0.15, -0.1) is 0 Å². The number of nitrogens with one attached hydrogen (secondary N) is 1. The molecule has 1 saturated heterocycles. The van der Waals surface area contributed by atoms with Gasteiger partial charge in [0, 0.05) is 0 Å². The SMILES string of the molecule is CC(O)(CC1CCNCC1)C1CCC1. The average Bonchev–Trinajstić information content (AvgIpc) is 2.00. The lowest BCUT2D eigenvalue weighted by Crippen LogP contribution is -2.42. The molecular formula is C12H23NO. The Hall–Kier alpha value is -0.0800. The van der Waals surface area contributed by atoms with Gasteiger partial charge in [0.2, 0.25) is 0 Å². The molecule has 2 nitrogen and oxygen atoms in total. The summed E-state index contributed by atoms with van der Waals surface area (Å²) in [5.74, 6) is 1.35. The van der Waals surface area contributed by atoms with Crippen molar-refractivity contribution in [3.05, 3.63) is 0 Å². The van der Waals surface area contributed by atoms with Gasteiger partial charge in [-0.1, -0.05) is 6.42 Å². The Labute approximate surface area is 87.1 Å². The zero-order chi connectivity index (χ0) is 10.0. The van der Waals surface area contributed by atoms with E-state index in [9.17, 15) is 5.11 Å². The molecule has 0 amide bonds. The molecule has 1 saturated carbocycles. The first kappa shape index (κ1) is 10.4. The first-order valence-electron chi connectivity index (χ1n) is 6.11. The second-order valence-electron chi connectivity index (χ2n) is 5.38. The van der Waals surface area contributed by atoms with Gasteiger partial charge in [0.1, 0.15) is 0 Å². The molecule has 14 heavy (non-hydrogen) atoms. The first-order chi connectivity index (χ1) is 6.68. The van der Waals surface area contributed by atoms with Crippen LogP contribution in [0.25, 0.3) is 0 Å². The minimum absolute atomic E-state index is 0.375. The van der Waals surface area contributed by atoms with Crippen molar-refractivity contribution < 1.29 is 5.11 Å². The smallest absolute Gasteiger partial charge is 0.0650 e. The van der Waals surface area contributed by atoms with Crippen molar-refractivity contribution in [1.82, 2.24) is 5.32 Å². The predicted molar refractivity (Wildman–Crippen MR) is 58.2 cm³/mol. The fourth-order valence-electron chi connectivity index (χ4n) is 2.87. The van der Waals surface area contributed by atoms with E-state index in [1.807, 2.05) is 0 Å². The molecule has 1 unspecified atom stereocenters. The summed E-state index contributed by atoms with van der Waals surface area (Å²) < 4.78 is 0. The van der Waals surface area contributed by atoms with E-state index >= 15 is 0 Å². The maximum absolute atomic E-state index is 10.4. The summed E-state index contributed by atoms with van der Waals surface area (Å²) in [7, 11) is 0. The standard InChI is InChI=1S/C12H23NO/c1-12(14,11-3-2-4-11)9-10-5-7-13-8-6-10/h10-11,13-14H,2-9H2,1H3. The highest BCUT2D eigenvalue weighted by molar-refractivity contribution is 4.90. The lowest BCUT2D eigenvalue weighted by molar-refractivity contribution is -0.0549. The van der Waals surface area contributed by atoms with E-state index in [4.69, 9.17) is 0 Å². The molecule has 0 aromatic carbocycles. The molecule has 82 valence electrons. The maximum Gasteiger partial charge on any atom is 0.0650 e. The first-order valence-corrected chi connectivity index (χ1v) is 6.11. The topological polar surface area (TPSA) is 32.3 Å². The number of rotatable bonds is 3. The largest absolute Gasteiger partial charge is 0.390 e. The van der Waals surface area contributed by atoms with Crippen molar-refractivity contribution >= 4 is 0 Å². The lowest BCUT2D eigenvalue weighted by atomic mass is 9.69. The minimum Gasteiger partial charge on any atom is -0.390 e. The summed E-state index contributed by atoms with van der Waals surface area (Å²) in [6, 6.07) is 0. The second-order valence-corrected chi connectivity index (χ2v) is 5.38. The Morgan fingerprint density at radius 3 is 2.36 bits per heavy atom. The highest BCUT2D eigenvalue weighted by Gasteiger charge is 2.37. The van der Waals surface area contributed by atoms with Gasteiger partial charge in [0.05, 0.1) is 5.60 Å². The molecular weight excluding hydrogens is 174 g/mol. The van der Waals surface area contributed by atoms with Crippen LogP contribution in [0.1, 0.15) is 45.4 Å². The third-order valence-electron chi connectivity index (χ3n) is 4.15. The zero-order valence-electron chi connectivity index (χ0n) is 9.26. The molecule has 1 aliphatic carbocycles. The molecule has 0 radical (unpaired) electrons. The van der Waals surface area contributed by atoms with Gasteiger partial charge in [0.15, 0.2) is 0 Å². The van der Waals surface area contributed by atoms with E-state index in [2.05, 4.69) is 12.2 Å². The molecule has 1 heterocycles. The highest BCUT2D eigenvalue weighted by Crippen LogP contribution is 2.40. The summed E-state index contributed by atoms with van der Waals surface area (Å²) in [6.45, 7) is 4.34. The van der Waals surface area contributed by atoms with Crippen LogP contribution in [0.2, 0.25) is 0 Å². The normalized spacial score (nSPS) is 29.6. The molecule has 2 rings (SSSR count). The summed E-state index contributed by atoms with van der Waals surface area (Å²) in [6.07, 6.45) is 7.36. The second kappa shape index (κ2) is 4.19. The van der Waals surface area contributed by atoms with E-state index < -0.39 is 0 Å². The van der Waals surface area contributed by atoms with Gasteiger partial charge in [0.25, 0.3) is 0 Å². The van der Waals surface area contributed by atoms with Crippen LogP contribution in [0.5, 0.6) is 0 Å². The Morgan fingerprint density at radius 2 is 1.86 bits per heavy atom. The highest BCUT2D eigenvalue weighted by atomic mass is 16.3. The molecule has 2 aliphatic rings. The molecule has 2 fully saturated rings. The molecule has 2 heteroatoms. The van der Waals surface area contributed by atoms with Crippen LogP contribution in [0, 0.1) is 11.8 Å². The van der Waals surface area contributed by atoms with Gasteiger partial charge in [-0.05, 0) is 64.0 Å². The summed E-state index contributed by atoms with van der Waals surface area (Å²) >= 11 is 0. The quantitative estimate of drug-likeness (QED) is 0.724. The lowest BCUT2D eigenvalue weighted by Gasteiger charge is -2.41. The van der Waals surface area contributed by atoms with Crippen LogP contribution < -0.4 is 5.32 Å². The summed E-state index contributed by atoms with van der Waals surface area (Å²) in [5.41, 5.74) is -0.375. The molecule has 0 bridgehead atoms. The third kappa shape index (κ3) is 2.29. The fourth-order valence-corrected chi connectivity index (χ4v) is 2.87. The molecule has 2 N–H and O–H groups in total. The molecule has 0 aromatic heterocycles. The van der Waals surface area contributed by atoms with Crippen LogP contribution in [-0.4, -0.2) is 23.8 Å². The zero-order valence-corrected chi connectivity index (χ0v) is 9.26. The molecule has 1 aliphatic heterocycles. The summed E-state index contributed by atoms with van der Waals surface area (Å²) in [5, 5.41) is 13.7. The van der Waals surface area contributed by atoms with Crippen molar-refractivity contribution in [2.75, 3.05) is 13.1 Å². The van der Waals surface area contributed by atoms with E-state index in [0.717, 1.165) is 25.4 Å². The molecule has 1 atom stereocenters. The number of hydrogen-bond acceptors (Lipinski definition) is 2. The van der Waals surface area contributed by atoms with Crippen LogP contribution >= 0.6 is 0 Å². The molecule has 0 spiro atoms. The van der Waals surface area contributed by atoms with E-state index in [-0.39, 0.29) is 5.60 Å². The van der Waals surface area contributed by atoms with Gasteiger partial charge in [-0.2, -0.15) is 0 Å². The Morgan fingerprint density at radius 1 is 1.21 bits per heavy atom. The van der Waals surface area contributed by atoms with E-state index in [0.29, 0.717) is 5.92 Å². The number of hydrogen-bond donors (Lipinski definition) is 2. The van der Waals surface area contributed by atoms with E-state index in [1.54, 1.807) is 0 Å². The van der Waals surface area contributed by atoms with Crippen LogP contribution in [0.4, 0.5) is 0 Å². The monoisotopic (exact) mass is 197 g/mol. The van der Waals surface area contributed by atoms with Crippen molar-refractivity contribution in [1.29, 1.82) is 0 Å². The Balaban J connectivity index is 1.81. The molecule has 0 aromatic rings. The Bertz CT molecular complexity index is 181. The van der Waals surface area contributed by atoms with Crippen molar-refractivity contribution in [3.8, 4) is 0 Å². The number of piperidine rings is 1. The van der Waals surface area contributed by atoms with E-state index in [1.165, 1.54) is 32.1 Å². The van der Waals surface area contributed by atoms with Crippen molar-refractivity contribution in [3.63, 3.8) is 0 Å².